The number of aliphatic hydroxyl groups is 1. The van der Waals surface area contributed by atoms with Crippen LogP contribution in [0.2, 0.25) is 0 Å². The lowest BCUT2D eigenvalue weighted by atomic mass is 10.1. The molecule has 0 aliphatic heterocycles. The monoisotopic (exact) mass is 217 g/mol. The summed E-state index contributed by atoms with van der Waals surface area (Å²) < 4.78 is 5.84. The minimum Gasteiger partial charge on any atom is -0.461 e. The third-order valence-electron chi connectivity index (χ3n) is 3.45. The normalized spacial score (nSPS) is 17.3. The molecule has 1 aliphatic carbocycles. The highest BCUT2D eigenvalue weighted by molar-refractivity contribution is 5.80. The number of aromatic nitrogens is 1. The standard InChI is InChI=1S/C13H15NO2/c15-8-11-10-7-13(9-3-1-2-4-9)16-12(10)5-6-14-11/h5-7,9,15H,1-4,8H2. The Morgan fingerprint density at radius 1 is 1.38 bits per heavy atom. The molecule has 0 radical (unpaired) electrons. The van der Waals surface area contributed by atoms with E-state index in [1.807, 2.05) is 6.07 Å². The van der Waals surface area contributed by atoms with Gasteiger partial charge < -0.3 is 9.52 Å². The zero-order valence-electron chi connectivity index (χ0n) is 9.15. The molecule has 0 aromatic carbocycles. The fourth-order valence-electron chi connectivity index (χ4n) is 2.58. The van der Waals surface area contributed by atoms with Crippen molar-refractivity contribution in [2.45, 2.75) is 38.2 Å². The molecular weight excluding hydrogens is 202 g/mol. The molecule has 3 nitrogen and oxygen atoms in total. The Labute approximate surface area is 94.1 Å². The molecule has 1 fully saturated rings. The van der Waals surface area contributed by atoms with Crippen LogP contribution in [0.5, 0.6) is 0 Å². The lowest BCUT2D eigenvalue weighted by molar-refractivity contribution is 0.278. The third-order valence-corrected chi connectivity index (χ3v) is 3.45. The van der Waals surface area contributed by atoms with Crippen molar-refractivity contribution in [3.8, 4) is 0 Å². The summed E-state index contributed by atoms with van der Waals surface area (Å²) in [7, 11) is 0. The molecule has 0 spiro atoms. The van der Waals surface area contributed by atoms with E-state index in [0.29, 0.717) is 11.6 Å². The van der Waals surface area contributed by atoms with Crippen LogP contribution in [-0.4, -0.2) is 10.1 Å². The first-order chi connectivity index (χ1) is 7.88. The van der Waals surface area contributed by atoms with Crippen LogP contribution in [0.15, 0.2) is 22.7 Å². The Balaban J connectivity index is 2.07. The van der Waals surface area contributed by atoms with Gasteiger partial charge in [0.05, 0.1) is 12.3 Å². The summed E-state index contributed by atoms with van der Waals surface area (Å²) in [6, 6.07) is 3.93. The second-order valence-electron chi connectivity index (χ2n) is 4.46. The Hall–Kier alpha value is -1.35. The van der Waals surface area contributed by atoms with Crippen LogP contribution in [0.25, 0.3) is 11.0 Å². The quantitative estimate of drug-likeness (QED) is 0.841. The van der Waals surface area contributed by atoms with E-state index in [1.165, 1.54) is 25.7 Å². The largest absolute Gasteiger partial charge is 0.461 e. The topological polar surface area (TPSA) is 46.3 Å². The number of pyridine rings is 1. The molecule has 2 aromatic heterocycles. The molecule has 0 saturated heterocycles. The predicted molar refractivity (Wildman–Crippen MR) is 61.1 cm³/mol. The van der Waals surface area contributed by atoms with Crippen molar-refractivity contribution in [1.29, 1.82) is 0 Å². The zero-order chi connectivity index (χ0) is 11.0. The maximum Gasteiger partial charge on any atom is 0.137 e. The summed E-state index contributed by atoms with van der Waals surface area (Å²) in [4.78, 5) is 4.16. The van der Waals surface area contributed by atoms with Gasteiger partial charge in [-0.2, -0.15) is 0 Å². The summed E-state index contributed by atoms with van der Waals surface area (Å²) in [6.45, 7) is -0.0268. The molecule has 3 heteroatoms. The Morgan fingerprint density at radius 2 is 2.19 bits per heavy atom. The van der Waals surface area contributed by atoms with Crippen LogP contribution < -0.4 is 0 Å². The summed E-state index contributed by atoms with van der Waals surface area (Å²) >= 11 is 0. The maximum atomic E-state index is 9.21. The highest BCUT2D eigenvalue weighted by atomic mass is 16.3. The number of fused-ring (bicyclic) bond motifs is 1. The molecule has 0 atom stereocenters. The van der Waals surface area contributed by atoms with Gasteiger partial charge in [0, 0.05) is 17.5 Å². The fourth-order valence-corrected chi connectivity index (χ4v) is 2.58. The van der Waals surface area contributed by atoms with Gasteiger partial charge in [-0.25, -0.2) is 0 Å². The molecule has 0 bridgehead atoms. The van der Waals surface area contributed by atoms with Crippen LogP contribution >= 0.6 is 0 Å². The van der Waals surface area contributed by atoms with E-state index < -0.39 is 0 Å². The maximum absolute atomic E-state index is 9.21. The first-order valence-corrected chi connectivity index (χ1v) is 5.86. The number of hydrogen-bond donors (Lipinski definition) is 1. The molecule has 3 rings (SSSR count). The lowest BCUT2D eigenvalue weighted by Crippen LogP contribution is -1.88. The van der Waals surface area contributed by atoms with Gasteiger partial charge in [0.25, 0.3) is 0 Å². The predicted octanol–water partition coefficient (Wildman–Crippen LogP) is 2.98. The van der Waals surface area contributed by atoms with Crippen LogP contribution in [0, 0.1) is 0 Å². The van der Waals surface area contributed by atoms with Gasteiger partial charge in [0.2, 0.25) is 0 Å². The van der Waals surface area contributed by atoms with Gasteiger partial charge in [-0.05, 0) is 25.0 Å². The summed E-state index contributed by atoms with van der Waals surface area (Å²) in [5, 5.41) is 10.2. The lowest BCUT2D eigenvalue weighted by Gasteiger charge is -2.02. The molecule has 0 amide bonds. The van der Waals surface area contributed by atoms with Crippen molar-refractivity contribution in [3.05, 3.63) is 29.8 Å². The first kappa shape index (κ1) is 9.85. The Bertz CT molecular complexity index is 498. The van der Waals surface area contributed by atoms with Gasteiger partial charge in [-0.15, -0.1) is 0 Å². The molecule has 1 aliphatic rings. The van der Waals surface area contributed by atoms with Crippen LogP contribution in [-0.2, 0) is 6.61 Å². The van der Waals surface area contributed by atoms with Crippen molar-refractivity contribution in [1.82, 2.24) is 4.98 Å². The van der Waals surface area contributed by atoms with Gasteiger partial charge in [-0.1, -0.05) is 12.8 Å². The number of aliphatic hydroxyl groups excluding tert-OH is 1. The second kappa shape index (κ2) is 3.91. The van der Waals surface area contributed by atoms with Crippen LogP contribution in [0.1, 0.15) is 43.1 Å². The summed E-state index contributed by atoms with van der Waals surface area (Å²) in [5.41, 5.74) is 1.56. The first-order valence-electron chi connectivity index (χ1n) is 5.86. The van der Waals surface area contributed by atoms with Crippen molar-refractivity contribution in [2.75, 3.05) is 0 Å². The second-order valence-corrected chi connectivity index (χ2v) is 4.46. The molecule has 1 saturated carbocycles. The third kappa shape index (κ3) is 1.52. The molecule has 16 heavy (non-hydrogen) atoms. The minimum absolute atomic E-state index is 0.0268. The molecule has 84 valence electrons. The molecule has 2 aromatic rings. The fraction of sp³-hybridized carbons (Fsp3) is 0.462. The van der Waals surface area contributed by atoms with E-state index in [0.717, 1.165) is 16.7 Å². The van der Waals surface area contributed by atoms with Crippen molar-refractivity contribution in [3.63, 3.8) is 0 Å². The molecule has 2 heterocycles. The Morgan fingerprint density at radius 3 is 2.94 bits per heavy atom. The van der Waals surface area contributed by atoms with Crippen molar-refractivity contribution < 1.29 is 9.52 Å². The number of hydrogen-bond acceptors (Lipinski definition) is 3. The molecule has 1 N–H and O–H groups in total. The van der Waals surface area contributed by atoms with Gasteiger partial charge in [0.1, 0.15) is 11.3 Å². The molecule has 0 unspecified atom stereocenters. The smallest absolute Gasteiger partial charge is 0.137 e. The highest BCUT2D eigenvalue weighted by Crippen LogP contribution is 2.37. The van der Waals surface area contributed by atoms with Gasteiger partial charge in [0.15, 0.2) is 0 Å². The van der Waals surface area contributed by atoms with E-state index >= 15 is 0 Å². The van der Waals surface area contributed by atoms with Crippen molar-refractivity contribution >= 4 is 11.0 Å². The van der Waals surface area contributed by atoms with E-state index in [9.17, 15) is 5.11 Å². The van der Waals surface area contributed by atoms with E-state index in [1.54, 1.807) is 6.20 Å². The number of nitrogens with zero attached hydrogens (tertiary/aromatic N) is 1. The van der Waals surface area contributed by atoms with Crippen molar-refractivity contribution in [2.24, 2.45) is 0 Å². The van der Waals surface area contributed by atoms with Gasteiger partial charge in [-0.3, -0.25) is 4.98 Å². The molecular formula is C13H15NO2. The average molecular weight is 217 g/mol. The average Bonchev–Trinajstić information content (AvgIpc) is 2.96. The SMILES string of the molecule is OCc1nccc2oc(C3CCCC3)cc12. The Kier molecular flexibility index (Phi) is 2.40. The van der Waals surface area contributed by atoms with Crippen LogP contribution in [0.4, 0.5) is 0 Å². The van der Waals surface area contributed by atoms with E-state index in [-0.39, 0.29) is 6.61 Å². The van der Waals surface area contributed by atoms with Crippen LogP contribution in [0.3, 0.4) is 0 Å². The van der Waals surface area contributed by atoms with E-state index in [4.69, 9.17) is 4.42 Å². The number of rotatable bonds is 2. The number of furan rings is 1. The summed E-state index contributed by atoms with van der Waals surface area (Å²) in [6.07, 6.45) is 6.73. The minimum atomic E-state index is -0.0268. The summed E-state index contributed by atoms with van der Waals surface area (Å²) in [5.74, 6) is 1.63. The van der Waals surface area contributed by atoms with Gasteiger partial charge >= 0.3 is 0 Å². The highest BCUT2D eigenvalue weighted by Gasteiger charge is 2.21. The zero-order valence-corrected chi connectivity index (χ0v) is 9.15. The van der Waals surface area contributed by atoms with E-state index in [2.05, 4.69) is 11.1 Å².